The molecule has 0 aliphatic carbocycles. The van der Waals surface area contributed by atoms with Gasteiger partial charge in [0.2, 0.25) is 0 Å². The highest BCUT2D eigenvalue weighted by Crippen LogP contribution is 2.51. The number of nitrogens with zero attached hydrogens (tertiary/aromatic N) is 1. The van der Waals surface area contributed by atoms with Gasteiger partial charge in [-0.25, -0.2) is 4.39 Å². The fourth-order valence-corrected chi connectivity index (χ4v) is 5.06. The van der Waals surface area contributed by atoms with Crippen molar-refractivity contribution in [2.24, 2.45) is 5.73 Å². The molecule has 1 amide bonds. The zero-order valence-electron chi connectivity index (χ0n) is 18.5. The molecule has 35 heavy (non-hydrogen) atoms. The van der Waals surface area contributed by atoms with Crippen LogP contribution in [0.5, 0.6) is 0 Å². The van der Waals surface area contributed by atoms with Gasteiger partial charge in [-0.2, -0.15) is 13.2 Å². The van der Waals surface area contributed by atoms with E-state index in [1.807, 2.05) is 0 Å². The summed E-state index contributed by atoms with van der Waals surface area (Å²) >= 11 is 0. The Morgan fingerprint density at radius 3 is 2.66 bits per heavy atom. The number of primary amides is 1. The highest BCUT2D eigenvalue weighted by molar-refractivity contribution is 6.03. The Bertz CT molecular complexity index is 1400. The topological polar surface area (TPSA) is 107 Å². The van der Waals surface area contributed by atoms with Gasteiger partial charge in [0.1, 0.15) is 11.5 Å². The third-order valence-corrected chi connectivity index (χ3v) is 6.97. The lowest BCUT2D eigenvalue weighted by molar-refractivity contribution is -0.286. The van der Waals surface area contributed by atoms with Gasteiger partial charge < -0.3 is 20.2 Å². The maximum Gasteiger partial charge on any atom is 0.417 e. The first-order valence-corrected chi connectivity index (χ1v) is 10.9. The molecule has 1 saturated heterocycles. The fourth-order valence-electron chi connectivity index (χ4n) is 5.06. The molecule has 2 aliphatic rings. The van der Waals surface area contributed by atoms with Crippen LogP contribution in [0.4, 0.5) is 17.6 Å². The molecule has 3 atom stereocenters. The van der Waals surface area contributed by atoms with Gasteiger partial charge in [-0.3, -0.25) is 14.6 Å². The molecule has 1 fully saturated rings. The molecule has 2 aliphatic heterocycles. The predicted octanol–water partition coefficient (Wildman–Crippen LogP) is 3.80. The Kier molecular flexibility index (Phi) is 5.44. The van der Waals surface area contributed by atoms with E-state index in [1.165, 1.54) is 30.5 Å². The van der Waals surface area contributed by atoms with Crippen LogP contribution in [-0.2, 0) is 22.7 Å². The molecule has 2 aromatic heterocycles. The number of H-pyrrole nitrogens is 1. The van der Waals surface area contributed by atoms with Crippen molar-refractivity contribution in [3.8, 4) is 0 Å². The van der Waals surface area contributed by atoms with E-state index in [0.717, 1.165) is 6.92 Å². The molecule has 3 aromatic rings. The van der Waals surface area contributed by atoms with Crippen LogP contribution < -0.4 is 11.2 Å². The van der Waals surface area contributed by atoms with Crippen LogP contribution >= 0.6 is 0 Å². The number of nitrogens with one attached hydrogen (secondary N) is 1. The highest BCUT2D eigenvalue weighted by atomic mass is 19.4. The monoisotopic (exact) mass is 491 g/mol. The molecule has 0 spiro atoms. The molecule has 0 saturated carbocycles. The second-order valence-corrected chi connectivity index (χ2v) is 9.08. The summed E-state index contributed by atoms with van der Waals surface area (Å²) in [5.74, 6) is -2.82. The van der Waals surface area contributed by atoms with Gasteiger partial charge in [0.15, 0.2) is 11.0 Å². The quantitative estimate of drug-likeness (QED) is 0.542. The number of nitrogens with two attached hydrogens (primary N) is 1. The van der Waals surface area contributed by atoms with Crippen LogP contribution in [0.2, 0.25) is 0 Å². The summed E-state index contributed by atoms with van der Waals surface area (Å²) < 4.78 is 67.0. The number of amides is 1. The van der Waals surface area contributed by atoms with E-state index in [2.05, 4.69) is 9.97 Å². The fraction of sp³-hybridized carbons (Fsp3) is 0.375. The lowest BCUT2D eigenvalue weighted by Crippen LogP contribution is -2.51. The average Bonchev–Trinajstić information content (AvgIpc) is 3.29. The number of aromatic nitrogens is 2. The van der Waals surface area contributed by atoms with Crippen molar-refractivity contribution >= 4 is 16.8 Å². The summed E-state index contributed by atoms with van der Waals surface area (Å²) in [6, 6.07) is 5.42. The molecule has 7 nitrogen and oxygen atoms in total. The van der Waals surface area contributed by atoms with Crippen molar-refractivity contribution in [1.29, 1.82) is 0 Å². The molecule has 3 N–H and O–H groups in total. The van der Waals surface area contributed by atoms with E-state index >= 15 is 0 Å². The van der Waals surface area contributed by atoms with Crippen molar-refractivity contribution in [2.45, 2.75) is 50.2 Å². The normalized spacial score (nSPS) is 24.5. The van der Waals surface area contributed by atoms with Crippen LogP contribution in [0.15, 0.2) is 35.3 Å². The second-order valence-electron chi connectivity index (χ2n) is 9.08. The first kappa shape index (κ1) is 23.4. The van der Waals surface area contributed by atoms with E-state index in [0.29, 0.717) is 22.4 Å². The summed E-state index contributed by atoms with van der Waals surface area (Å²) in [4.78, 5) is 31.6. The standard InChI is InChI=1S/C24H21F4N3O4/c1-23(24(26,27)28)7-12(11-2-3-16(25)14-9-34-8-13(11)14)15(10-35-23)18-6-19(32)20-17(31-18)4-5-30-21(20)22(29)33/h2-6,12,15H,7-10H2,1H3,(H2,29,33)(H,31,32)/t12-,15+,23-/m1/s1. The van der Waals surface area contributed by atoms with Crippen LogP contribution in [0, 0.1) is 5.82 Å². The lowest BCUT2D eigenvalue weighted by Gasteiger charge is -2.44. The van der Waals surface area contributed by atoms with E-state index in [9.17, 15) is 27.2 Å². The number of carbonyl (C=O) groups is 1. The summed E-state index contributed by atoms with van der Waals surface area (Å²) in [6.45, 7) is 0.763. The molecule has 11 heteroatoms. The molecule has 4 heterocycles. The highest BCUT2D eigenvalue weighted by Gasteiger charge is 2.57. The zero-order chi connectivity index (χ0) is 25.1. The molecular weight excluding hydrogens is 470 g/mol. The van der Waals surface area contributed by atoms with Crippen molar-refractivity contribution in [3.05, 3.63) is 74.6 Å². The number of carbonyl (C=O) groups excluding carboxylic acids is 1. The number of halogens is 4. The van der Waals surface area contributed by atoms with Crippen molar-refractivity contribution in [2.75, 3.05) is 6.61 Å². The Balaban J connectivity index is 1.67. The zero-order valence-corrected chi connectivity index (χ0v) is 18.5. The minimum Gasteiger partial charge on any atom is -0.372 e. The number of ether oxygens (including phenoxy) is 2. The summed E-state index contributed by atoms with van der Waals surface area (Å²) in [5, 5.41) is -0.00627. The van der Waals surface area contributed by atoms with Crippen LogP contribution in [-0.4, -0.2) is 34.3 Å². The second kappa shape index (κ2) is 8.13. The van der Waals surface area contributed by atoms with Crippen molar-refractivity contribution in [1.82, 2.24) is 9.97 Å². The number of fused-ring (bicyclic) bond motifs is 2. The van der Waals surface area contributed by atoms with E-state index in [1.54, 1.807) is 0 Å². The van der Waals surface area contributed by atoms with Gasteiger partial charge >= 0.3 is 6.18 Å². The van der Waals surface area contributed by atoms with Gasteiger partial charge in [-0.05, 0) is 42.5 Å². The minimum atomic E-state index is -4.64. The average molecular weight is 491 g/mol. The number of hydrogen-bond acceptors (Lipinski definition) is 5. The van der Waals surface area contributed by atoms with Gasteiger partial charge in [-0.1, -0.05) is 6.07 Å². The molecule has 0 unspecified atom stereocenters. The number of benzene rings is 1. The number of rotatable bonds is 3. The van der Waals surface area contributed by atoms with Gasteiger partial charge in [0.25, 0.3) is 5.91 Å². The number of aromatic amines is 1. The third-order valence-electron chi connectivity index (χ3n) is 6.97. The Hall–Kier alpha value is -3.31. The minimum absolute atomic E-state index is 0.00627. The van der Waals surface area contributed by atoms with Gasteiger partial charge in [0.05, 0.1) is 30.7 Å². The van der Waals surface area contributed by atoms with Gasteiger partial charge in [0, 0.05) is 29.4 Å². The first-order chi connectivity index (χ1) is 16.5. The van der Waals surface area contributed by atoms with Crippen molar-refractivity contribution < 1.29 is 31.8 Å². The Morgan fingerprint density at radius 1 is 1.20 bits per heavy atom. The number of hydrogen-bond donors (Lipinski definition) is 2. The Labute approximate surface area is 196 Å². The molecule has 1 aromatic carbocycles. The van der Waals surface area contributed by atoms with Crippen LogP contribution in [0.1, 0.15) is 58.1 Å². The maximum atomic E-state index is 14.4. The summed E-state index contributed by atoms with van der Waals surface area (Å²) in [7, 11) is 0. The third kappa shape index (κ3) is 3.79. The first-order valence-electron chi connectivity index (χ1n) is 10.9. The van der Waals surface area contributed by atoms with E-state index < -0.39 is 47.2 Å². The SMILES string of the molecule is C[C@]1(C(F)(F)F)C[C@H](c2ccc(F)c3c2COC3)[C@@H](c2cc(=O)c3c(C(N)=O)nccc3[nH]2)CO1. The summed E-state index contributed by atoms with van der Waals surface area (Å²) in [5.41, 5.74) is 4.12. The maximum absolute atomic E-state index is 14.4. The largest absolute Gasteiger partial charge is 0.417 e. The lowest BCUT2D eigenvalue weighted by atomic mass is 9.73. The predicted molar refractivity (Wildman–Crippen MR) is 116 cm³/mol. The molecule has 184 valence electrons. The van der Waals surface area contributed by atoms with Crippen LogP contribution in [0.3, 0.4) is 0 Å². The summed E-state index contributed by atoms with van der Waals surface area (Å²) in [6.07, 6.45) is -3.78. The van der Waals surface area contributed by atoms with Crippen LogP contribution in [0.25, 0.3) is 10.9 Å². The molecule has 5 rings (SSSR count). The van der Waals surface area contributed by atoms with E-state index in [4.69, 9.17) is 15.2 Å². The van der Waals surface area contributed by atoms with E-state index in [-0.39, 0.29) is 36.4 Å². The van der Waals surface area contributed by atoms with Gasteiger partial charge in [-0.15, -0.1) is 0 Å². The smallest absolute Gasteiger partial charge is 0.372 e. The number of pyridine rings is 2. The molecule has 0 radical (unpaired) electrons. The molecular formula is C24H21F4N3O4. The molecule has 0 bridgehead atoms. The Morgan fingerprint density at radius 2 is 1.94 bits per heavy atom. The number of alkyl halides is 3. The van der Waals surface area contributed by atoms with Crippen molar-refractivity contribution in [3.63, 3.8) is 0 Å².